The summed E-state index contributed by atoms with van der Waals surface area (Å²) in [4.78, 5) is 20.3. The van der Waals surface area contributed by atoms with E-state index in [0.29, 0.717) is 17.5 Å². The van der Waals surface area contributed by atoms with Crippen molar-refractivity contribution in [3.8, 4) is 0 Å². The quantitative estimate of drug-likeness (QED) is 0.779. The van der Waals surface area contributed by atoms with Gasteiger partial charge in [-0.15, -0.1) is 0 Å². The van der Waals surface area contributed by atoms with Crippen LogP contribution in [-0.2, 0) is 9.53 Å². The van der Waals surface area contributed by atoms with Crippen molar-refractivity contribution in [2.24, 2.45) is 17.8 Å². The first kappa shape index (κ1) is 17.3. The van der Waals surface area contributed by atoms with E-state index in [0.717, 1.165) is 6.42 Å². The maximum atomic E-state index is 14.4. The third kappa shape index (κ3) is 2.63. The molecule has 6 atom stereocenters. The molecular formula is C18H13Cl2F2N3O2. The van der Waals surface area contributed by atoms with E-state index in [2.05, 4.69) is 15.3 Å². The zero-order chi connectivity index (χ0) is 18.9. The van der Waals surface area contributed by atoms with Crippen LogP contribution < -0.4 is 5.32 Å². The van der Waals surface area contributed by atoms with Crippen LogP contribution in [0.5, 0.6) is 0 Å². The molecule has 0 radical (unpaired) electrons. The van der Waals surface area contributed by atoms with Gasteiger partial charge >= 0.3 is 0 Å². The number of anilines is 1. The van der Waals surface area contributed by atoms with Gasteiger partial charge in [-0.25, -0.2) is 14.4 Å². The standard InChI is InChI=1S/C18H13Cl2F2N3O2/c19-10-3-6(5-24-16(10)20)25-18(26)12-11(7-1-2-23-17(22)13(7)21)14-8-4-9(8)15(12)27-14/h1-3,5,8-9,11-12,14-15H,4H2,(H,25,26)/t8-,9+,11+,12+,14-,15+/m1/s1. The van der Waals surface area contributed by atoms with Crippen molar-refractivity contribution in [2.75, 3.05) is 5.32 Å². The molecule has 2 aliphatic heterocycles. The molecule has 2 saturated heterocycles. The van der Waals surface area contributed by atoms with Crippen molar-refractivity contribution in [1.82, 2.24) is 9.97 Å². The third-order valence-corrected chi connectivity index (χ3v) is 6.43. The van der Waals surface area contributed by atoms with Gasteiger partial charge in [0.1, 0.15) is 5.15 Å². The normalized spacial score (nSPS) is 33.0. The zero-order valence-electron chi connectivity index (χ0n) is 13.7. The highest BCUT2D eigenvalue weighted by molar-refractivity contribution is 6.41. The SMILES string of the molecule is O=C(Nc1cnc(Cl)c(Cl)c1)[C@@H]1[C@H]2O[C@H]([C@@H]3C[C@@H]32)[C@H]1c1ccnc(F)c1F. The Hall–Kier alpha value is -1.83. The number of ether oxygens (including phenoxy) is 1. The molecule has 1 amide bonds. The second kappa shape index (κ2) is 6.09. The summed E-state index contributed by atoms with van der Waals surface area (Å²) in [5.41, 5.74) is 0.511. The molecule has 140 valence electrons. The number of aromatic nitrogens is 2. The van der Waals surface area contributed by atoms with Crippen molar-refractivity contribution in [1.29, 1.82) is 0 Å². The first-order valence-corrected chi connectivity index (χ1v) is 9.28. The minimum absolute atomic E-state index is 0.131. The Labute approximate surface area is 163 Å². The maximum absolute atomic E-state index is 14.4. The van der Waals surface area contributed by atoms with Crippen LogP contribution in [0.25, 0.3) is 0 Å². The van der Waals surface area contributed by atoms with E-state index >= 15 is 0 Å². The van der Waals surface area contributed by atoms with Crippen molar-refractivity contribution in [3.05, 3.63) is 52.0 Å². The summed E-state index contributed by atoms with van der Waals surface area (Å²) < 4.78 is 34.1. The highest BCUT2D eigenvalue weighted by Gasteiger charge is 2.69. The lowest BCUT2D eigenvalue weighted by Crippen LogP contribution is -2.37. The predicted molar refractivity (Wildman–Crippen MR) is 93.5 cm³/mol. The van der Waals surface area contributed by atoms with Gasteiger partial charge in [0.05, 0.1) is 35.0 Å². The monoisotopic (exact) mass is 411 g/mol. The van der Waals surface area contributed by atoms with Gasteiger partial charge in [0.15, 0.2) is 5.82 Å². The first-order chi connectivity index (χ1) is 13.0. The summed E-state index contributed by atoms with van der Waals surface area (Å²) in [7, 11) is 0. The lowest BCUT2D eigenvalue weighted by Gasteiger charge is -2.27. The van der Waals surface area contributed by atoms with Crippen LogP contribution in [0.2, 0.25) is 10.2 Å². The summed E-state index contributed by atoms with van der Waals surface area (Å²) in [6.45, 7) is 0. The van der Waals surface area contributed by atoms with Gasteiger partial charge in [0.25, 0.3) is 0 Å². The molecule has 0 spiro atoms. The Kier molecular flexibility index (Phi) is 3.90. The molecule has 1 N–H and O–H groups in total. The number of pyridine rings is 2. The molecule has 9 heteroatoms. The summed E-state index contributed by atoms with van der Waals surface area (Å²) in [5.74, 6) is -3.14. The second-order valence-corrected chi connectivity index (χ2v) is 7.94. The van der Waals surface area contributed by atoms with E-state index in [9.17, 15) is 13.6 Å². The Morgan fingerprint density at radius 3 is 2.78 bits per heavy atom. The highest BCUT2D eigenvalue weighted by atomic mass is 35.5. The molecule has 3 aliphatic rings. The Morgan fingerprint density at radius 2 is 2.00 bits per heavy atom. The lowest BCUT2D eigenvalue weighted by atomic mass is 9.75. The molecule has 1 aliphatic carbocycles. The molecule has 0 aromatic carbocycles. The summed E-state index contributed by atoms with van der Waals surface area (Å²) in [6, 6.07) is 2.91. The average molecular weight is 412 g/mol. The summed E-state index contributed by atoms with van der Waals surface area (Å²) in [5, 5.41) is 3.09. The van der Waals surface area contributed by atoms with Crippen molar-refractivity contribution < 1.29 is 18.3 Å². The van der Waals surface area contributed by atoms with Gasteiger partial charge in [-0.2, -0.15) is 4.39 Å². The van der Waals surface area contributed by atoms with Gasteiger partial charge in [-0.3, -0.25) is 4.79 Å². The molecule has 5 rings (SSSR count). The number of carbonyl (C=O) groups is 1. The molecule has 5 nitrogen and oxygen atoms in total. The van der Waals surface area contributed by atoms with E-state index in [4.69, 9.17) is 27.9 Å². The average Bonchev–Trinajstić information content (AvgIpc) is 3.25. The zero-order valence-corrected chi connectivity index (χ0v) is 15.2. The lowest BCUT2D eigenvalue weighted by molar-refractivity contribution is -0.122. The smallest absolute Gasteiger partial charge is 0.249 e. The van der Waals surface area contributed by atoms with Gasteiger partial charge in [-0.05, 0) is 30.4 Å². The molecule has 4 heterocycles. The fraction of sp³-hybridized carbons (Fsp3) is 0.389. The van der Waals surface area contributed by atoms with Gasteiger partial charge in [0.2, 0.25) is 11.9 Å². The van der Waals surface area contributed by atoms with E-state index in [1.807, 2.05) is 0 Å². The number of nitrogens with zero attached hydrogens (tertiary/aromatic N) is 2. The third-order valence-electron chi connectivity index (χ3n) is 5.75. The van der Waals surface area contributed by atoms with Crippen LogP contribution >= 0.6 is 23.2 Å². The van der Waals surface area contributed by atoms with Gasteiger partial charge in [0, 0.05) is 17.7 Å². The van der Waals surface area contributed by atoms with Crippen LogP contribution in [0.3, 0.4) is 0 Å². The number of fused-ring (bicyclic) bond motifs is 5. The number of amides is 1. The molecule has 1 saturated carbocycles. The molecule has 0 unspecified atom stereocenters. The molecule has 3 fully saturated rings. The molecule has 2 aromatic rings. The van der Waals surface area contributed by atoms with Crippen molar-refractivity contribution in [3.63, 3.8) is 0 Å². The number of hydrogen-bond donors (Lipinski definition) is 1. The van der Waals surface area contributed by atoms with Crippen LogP contribution in [0.4, 0.5) is 14.5 Å². The maximum Gasteiger partial charge on any atom is 0.249 e. The number of carbonyl (C=O) groups excluding carboxylic acids is 1. The molecule has 27 heavy (non-hydrogen) atoms. The minimum Gasteiger partial charge on any atom is -0.373 e. The number of nitrogens with one attached hydrogen (secondary N) is 1. The van der Waals surface area contributed by atoms with Crippen molar-refractivity contribution >= 4 is 34.8 Å². The van der Waals surface area contributed by atoms with Crippen LogP contribution in [0.15, 0.2) is 24.5 Å². The summed E-state index contributed by atoms with van der Waals surface area (Å²) in [6.07, 6.45) is 2.94. The summed E-state index contributed by atoms with van der Waals surface area (Å²) >= 11 is 11.7. The number of halogens is 4. The van der Waals surface area contributed by atoms with E-state index in [1.54, 1.807) is 0 Å². The van der Waals surface area contributed by atoms with Gasteiger partial charge < -0.3 is 10.1 Å². The van der Waals surface area contributed by atoms with Gasteiger partial charge in [-0.1, -0.05) is 23.2 Å². The molecular weight excluding hydrogens is 399 g/mol. The largest absolute Gasteiger partial charge is 0.373 e. The number of rotatable bonds is 3. The number of hydrogen-bond acceptors (Lipinski definition) is 4. The molecule has 2 bridgehead atoms. The Balaban J connectivity index is 1.48. The van der Waals surface area contributed by atoms with E-state index < -0.39 is 23.6 Å². The van der Waals surface area contributed by atoms with Crippen LogP contribution in [-0.4, -0.2) is 28.1 Å². The second-order valence-electron chi connectivity index (χ2n) is 7.17. The topological polar surface area (TPSA) is 64.1 Å². The predicted octanol–water partition coefficient (Wildman–Crippen LogP) is 3.82. The first-order valence-electron chi connectivity index (χ1n) is 8.53. The molecule has 2 aromatic heterocycles. The van der Waals surface area contributed by atoms with Crippen molar-refractivity contribution in [2.45, 2.75) is 24.5 Å². The Morgan fingerprint density at radius 1 is 1.22 bits per heavy atom. The fourth-order valence-electron chi connectivity index (χ4n) is 4.57. The fourth-order valence-corrected chi connectivity index (χ4v) is 4.84. The highest BCUT2D eigenvalue weighted by Crippen LogP contribution is 2.65. The minimum atomic E-state index is -1.17. The Bertz CT molecular complexity index is 960. The van der Waals surface area contributed by atoms with Crippen LogP contribution in [0.1, 0.15) is 17.9 Å². The van der Waals surface area contributed by atoms with Crippen LogP contribution in [0, 0.1) is 29.5 Å². The van der Waals surface area contributed by atoms with E-state index in [1.165, 1.54) is 24.5 Å². The van der Waals surface area contributed by atoms with E-state index in [-0.39, 0.29) is 33.9 Å².